The lowest BCUT2D eigenvalue weighted by Crippen LogP contribution is -2.49. The third kappa shape index (κ3) is 5.73. The average Bonchev–Trinajstić information content (AvgIpc) is 2.15. The Labute approximate surface area is 104 Å². The fourth-order valence-corrected chi connectivity index (χ4v) is 1.85. The van der Waals surface area contributed by atoms with Gasteiger partial charge in [-0.25, -0.2) is 4.79 Å². The number of rotatable bonds is 1. The van der Waals surface area contributed by atoms with Crippen LogP contribution in [0.4, 0.5) is 4.79 Å². The summed E-state index contributed by atoms with van der Waals surface area (Å²) in [6, 6.07) is 0.0160. The van der Waals surface area contributed by atoms with Gasteiger partial charge >= 0.3 is 6.09 Å². The van der Waals surface area contributed by atoms with Crippen LogP contribution in [-0.4, -0.2) is 23.8 Å². The van der Waals surface area contributed by atoms with Crippen molar-refractivity contribution < 1.29 is 9.53 Å². The highest BCUT2D eigenvalue weighted by Crippen LogP contribution is 2.13. The first-order chi connectivity index (χ1) is 7.88. The zero-order valence-electron chi connectivity index (χ0n) is 11.0. The smallest absolute Gasteiger partial charge is 0.407 e. The van der Waals surface area contributed by atoms with Gasteiger partial charge in [0.05, 0.1) is 0 Å². The van der Waals surface area contributed by atoms with Crippen LogP contribution >= 0.6 is 0 Å². The molecule has 17 heavy (non-hydrogen) atoms. The van der Waals surface area contributed by atoms with E-state index in [1.807, 2.05) is 20.8 Å². The standard InChI is InChI=1S/C13H24N2O2/c1-13(2,3)17-12(16)15-11-9-7-5-4-6-8-10(11)14/h4-5,10-11H,6-9,14H2,1-3H3,(H,15,16)/b5-4+/t10-,11?/m1/s1. The van der Waals surface area contributed by atoms with Crippen LogP contribution in [0.3, 0.4) is 0 Å². The molecule has 0 saturated heterocycles. The summed E-state index contributed by atoms with van der Waals surface area (Å²) in [7, 11) is 0. The summed E-state index contributed by atoms with van der Waals surface area (Å²) in [6.07, 6.45) is 7.64. The SMILES string of the molecule is CC(C)(C)OC(=O)NC1CC/C=C/CC[C@H]1N. The Morgan fingerprint density at radius 2 is 1.88 bits per heavy atom. The molecule has 1 amide bonds. The van der Waals surface area contributed by atoms with E-state index in [0.29, 0.717) is 0 Å². The number of hydrogen-bond donors (Lipinski definition) is 2. The molecule has 1 aliphatic rings. The van der Waals surface area contributed by atoms with Gasteiger partial charge in [0.2, 0.25) is 0 Å². The Morgan fingerprint density at radius 1 is 1.29 bits per heavy atom. The van der Waals surface area contributed by atoms with Crippen LogP contribution in [0.15, 0.2) is 12.2 Å². The number of hydrogen-bond acceptors (Lipinski definition) is 3. The zero-order chi connectivity index (χ0) is 12.9. The number of nitrogens with one attached hydrogen (secondary N) is 1. The molecular weight excluding hydrogens is 216 g/mol. The minimum Gasteiger partial charge on any atom is -0.444 e. The molecule has 0 aromatic rings. The van der Waals surface area contributed by atoms with Crippen LogP contribution < -0.4 is 11.1 Å². The van der Waals surface area contributed by atoms with Crippen molar-refractivity contribution in [1.29, 1.82) is 0 Å². The number of nitrogens with two attached hydrogens (primary N) is 1. The van der Waals surface area contributed by atoms with E-state index < -0.39 is 5.60 Å². The topological polar surface area (TPSA) is 64.3 Å². The molecule has 4 heteroatoms. The minimum absolute atomic E-state index is 0.00692. The molecule has 4 nitrogen and oxygen atoms in total. The second-order valence-electron chi connectivity index (χ2n) is 5.54. The molecule has 0 bridgehead atoms. The van der Waals surface area contributed by atoms with Crippen molar-refractivity contribution in [3.05, 3.63) is 12.2 Å². The summed E-state index contributed by atoms with van der Waals surface area (Å²) in [5.74, 6) is 0. The Morgan fingerprint density at radius 3 is 2.47 bits per heavy atom. The Balaban J connectivity index is 2.47. The predicted octanol–water partition coefficient (Wildman–Crippen LogP) is 2.34. The number of amides is 1. The normalized spacial score (nSPS) is 27.8. The van der Waals surface area contributed by atoms with E-state index in [1.54, 1.807) is 0 Å². The van der Waals surface area contributed by atoms with Gasteiger partial charge < -0.3 is 15.8 Å². The zero-order valence-corrected chi connectivity index (χ0v) is 11.0. The number of carbonyl (C=O) groups is 1. The number of allylic oxidation sites excluding steroid dienone is 2. The van der Waals surface area contributed by atoms with Crippen LogP contribution in [0.1, 0.15) is 46.5 Å². The van der Waals surface area contributed by atoms with E-state index in [0.717, 1.165) is 25.7 Å². The third-order valence-corrected chi connectivity index (χ3v) is 2.70. The van der Waals surface area contributed by atoms with E-state index in [2.05, 4.69) is 17.5 Å². The molecule has 1 unspecified atom stereocenters. The van der Waals surface area contributed by atoms with Crippen molar-refractivity contribution in [2.75, 3.05) is 0 Å². The van der Waals surface area contributed by atoms with Gasteiger partial charge in [-0.15, -0.1) is 0 Å². The van der Waals surface area contributed by atoms with Gasteiger partial charge in [0.25, 0.3) is 0 Å². The highest BCUT2D eigenvalue weighted by Gasteiger charge is 2.23. The maximum Gasteiger partial charge on any atom is 0.407 e. The van der Waals surface area contributed by atoms with E-state index >= 15 is 0 Å². The van der Waals surface area contributed by atoms with Crippen molar-refractivity contribution in [2.24, 2.45) is 5.73 Å². The third-order valence-electron chi connectivity index (χ3n) is 2.70. The van der Waals surface area contributed by atoms with Gasteiger partial charge in [0.15, 0.2) is 0 Å². The van der Waals surface area contributed by atoms with Crippen LogP contribution in [0.5, 0.6) is 0 Å². The van der Waals surface area contributed by atoms with Gasteiger partial charge in [0, 0.05) is 12.1 Å². The monoisotopic (exact) mass is 240 g/mol. The predicted molar refractivity (Wildman–Crippen MR) is 68.7 cm³/mol. The molecule has 1 rings (SSSR count). The first-order valence-electron chi connectivity index (χ1n) is 6.28. The molecule has 3 N–H and O–H groups in total. The number of carbonyl (C=O) groups excluding carboxylic acids is 1. The van der Waals surface area contributed by atoms with E-state index in [9.17, 15) is 4.79 Å². The summed E-state index contributed by atoms with van der Waals surface area (Å²) in [5.41, 5.74) is 5.59. The molecule has 2 atom stereocenters. The van der Waals surface area contributed by atoms with Gasteiger partial charge in [-0.3, -0.25) is 0 Å². The van der Waals surface area contributed by atoms with Crippen molar-refractivity contribution in [3.63, 3.8) is 0 Å². The van der Waals surface area contributed by atoms with Crippen molar-refractivity contribution in [2.45, 2.75) is 64.1 Å². The fourth-order valence-electron chi connectivity index (χ4n) is 1.85. The molecule has 0 fully saturated rings. The Kier molecular flexibility index (Phi) is 5.00. The van der Waals surface area contributed by atoms with Crippen LogP contribution in [0.25, 0.3) is 0 Å². The molecule has 0 aromatic heterocycles. The molecule has 1 aliphatic carbocycles. The first kappa shape index (κ1) is 14.0. The lowest BCUT2D eigenvalue weighted by atomic mass is 9.96. The van der Waals surface area contributed by atoms with Crippen molar-refractivity contribution in [3.8, 4) is 0 Å². The highest BCUT2D eigenvalue weighted by molar-refractivity contribution is 5.68. The average molecular weight is 240 g/mol. The Bertz CT molecular complexity index is 282. The summed E-state index contributed by atoms with van der Waals surface area (Å²) in [6.45, 7) is 5.56. The van der Waals surface area contributed by atoms with Crippen LogP contribution in [-0.2, 0) is 4.74 Å². The quantitative estimate of drug-likeness (QED) is 0.691. The van der Waals surface area contributed by atoms with Crippen LogP contribution in [0, 0.1) is 0 Å². The minimum atomic E-state index is -0.463. The lowest BCUT2D eigenvalue weighted by molar-refractivity contribution is 0.0492. The molecule has 0 aromatic carbocycles. The maximum atomic E-state index is 11.7. The summed E-state index contributed by atoms with van der Waals surface area (Å²) in [4.78, 5) is 11.7. The first-order valence-corrected chi connectivity index (χ1v) is 6.28. The highest BCUT2D eigenvalue weighted by atomic mass is 16.6. The van der Waals surface area contributed by atoms with Crippen LogP contribution in [0.2, 0.25) is 0 Å². The largest absolute Gasteiger partial charge is 0.444 e. The van der Waals surface area contributed by atoms with Crippen molar-refractivity contribution in [1.82, 2.24) is 5.32 Å². The molecule has 0 heterocycles. The molecule has 0 radical (unpaired) electrons. The number of ether oxygens (including phenoxy) is 1. The summed E-state index contributed by atoms with van der Waals surface area (Å²) < 4.78 is 5.24. The summed E-state index contributed by atoms with van der Waals surface area (Å²) in [5, 5.41) is 2.87. The summed E-state index contributed by atoms with van der Waals surface area (Å²) >= 11 is 0. The van der Waals surface area contributed by atoms with Gasteiger partial charge in [-0.1, -0.05) is 12.2 Å². The van der Waals surface area contributed by atoms with E-state index in [-0.39, 0.29) is 18.2 Å². The fraction of sp³-hybridized carbons (Fsp3) is 0.769. The molecule has 0 aliphatic heterocycles. The van der Waals surface area contributed by atoms with Gasteiger partial charge in [0.1, 0.15) is 5.60 Å². The van der Waals surface area contributed by atoms with Gasteiger partial charge in [-0.2, -0.15) is 0 Å². The second kappa shape index (κ2) is 6.05. The lowest BCUT2D eigenvalue weighted by Gasteiger charge is -2.27. The maximum absolute atomic E-state index is 11.7. The van der Waals surface area contributed by atoms with E-state index in [4.69, 9.17) is 10.5 Å². The Hall–Kier alpha value is -1.03. The number of alkyl carbamates (subject to hydrolysis) is 1. The second-order valence-corrected chi connectivity index (χ2v) is 5.54. The van der Waals surface area contributed by atoms with E-state index in [1.165, 1.54) is 0 Å². The molecule has 98 valence electrons. The van der Waals surface area contributed by atoms with Crippen molar-refractivity contribution >= 4 is 6.09 Å². The molecular formula is C13H24N2O2. The molecule has 0 spiro atoms. The van der Waals surface area contributed by atoms with Gasteiger partial charge in [-0.05, 0) is 46.5 Å². The molecule has 0 saturated carbocycles.